The van der Waals surface area contributed by atoms with Gasteiger partial charge in [-0.1, -0.05) is 13.0 Å². The number of hydrogen-bond acceptors (Lipinski definition) is 4. The highest BCUT2D eigenvalue weighted by Crippen LogP contribution is 2.28. The maximum absolute atomic E-state index is 5.97. The van der Waals surface area contributed by atoms with Crippen LogP contribution in [-0.4, -0.2) is 4.98 Å². The summed E-state index contributed by atoms with van der Waals surface area (Å²) in [5, 5.41) is 6.57. The van der Waals surface area contributed by atoms with Crippen molar-refractivity contribution in [3.63, 3.8) is 0 Å². The predicted octanol–water partition coefficient (Wildman–Crippen LogP) is 3.60. The second-order valence-electron chi connectivity index (χ2n) is 4.07. The summed E-state index contributed by atoms with van der Waals surface area (Å²) in [7, 11) is 0. The fourth-order valence-electron chi connectivity index (χ4n) is 1.73. The van der Waals surface area contributed by atoms with Crippen molar-refractivity contribution in [1.29, 1.82) is 0 Å². The highest BCUT2D eigenvalue weighted by molar-refractivity contribution is 7.09. The quantitative estimate of drug-likeness (QED) is 0.812. The second-order valence-corrected chi connectivity index (χ2v) is 4.99. The minimum atomic E-state index is 0.235. The Bertz CT molecular complexity index is 479. The number of nitrogens with zero attached hydrogens (tertiary/aromatic N) is 1. The van der Waals surface area contributed by atoms with Crippen molar-refractivity contribution < 1.29 is 0 Å². The van der Waals surface area contributed by atoms with Gasteiger partial charge < -0.3 is 11.1 Å². The highest BCUT2D eigenvalue weighted by atomic mass is 32.1. The van der Waals surface area contributed by atoms with Gasteiger partial charge in [0.1, 0.15) is 5.01 Å². The summed E-state index contributed by atoms with van der Waals surface area (Å²) in [6.07, 6.45) is 2.82. The highest BCUT2D eigenvalue weighted by Gasteiger charge is 2.12. The number of hydrogen-bond donors (Lipinski definition) is 2. The van der Waals surface area contributed by atoms with E-state index in [1.807, 2.05) is 23.7 Å². The van der Waals surface area contributed by atoms with E-state index in [0.717, 1.165) is 22.8 Å². The van der Waals surface area contributed by atoms with Crippen LogP contribution in [0.5, 0.6) is 0 Å². The van der Waals surface area contributed by atoms with Crippen molar-refractivity contribution in [1.82, 2.24) is 4.98 Å². The third-order valence-electron chi connectivity index (χ3n) is 2.70. The van der Waals surface area contributed by atoms with Crippen LogP contribution in [0.3, 0.4) is 0 Å². The standard InChI is InChI=1S/C13H17N3S/c1-3-11(13-15-6-7-17-13)16-12-8-9(2)4-5-10(12)14/h4-8,11,16H,3,14H2,1-2H3. The van der Waals surface area contributed by atoms with Gasteiger partial charge in [0, 0.05) is 11.6 Å². The minimum absolute atomic E-state index is 0.235. The first-order chi connectivity index (χ1) is 8.20. The van der Waals surface area contributed by atoms with Gasteiger partial charge in [-0.15, -0.1) is 11.3 Å². The first-order valence-electron chi connectivity index (χ1n) is 5.72. The van der Waals surface area contributed by atoms with Crippen molar-refractivity contribution in [3.8, 4) is 0 Å². The molecule has 3 N–H and O–H groups in total. The molecule has 0 radical (unpaired) electrons. The van der Waals surface area contributed by atoms with E-state index in [9.17, 15) is 0 Å². The van der Waals surface area contributed by atoms with Crippen molar-refractivity contribution in [3.05, 3.63) is 40.3 Å². The number of anilines is 2. The van der Waals surface area contributed by atoms with Crippen LogP contribution in [0.1, 0.15) is 30.0 Å². The van der Waals surface area contributed by atoms with E-state index in [1.54, 1.807) is 11.3 Å². The molecule has 0 saturated carbocycles. The van der Waals surface area contributed by atoms with Gasteiger partial charge in [-0.05, 0) is 31.0 Å². The minimum Gasteiger partial charge on any atom is -0.397 e. The first-order valence-corrected chi connectivity index (χ1v) is 6.60. The molecule has 0 aliphatic carbocycles. The first kappa shape index (κ1) is 11.9. The number of aromatic nitrogens is 1. The lowest BCUT2D eigenvalue weighted by molar-refractivity contribution is 0.742. The van der Waals surface area contributed by atoms with Crippen LogP contribution in [0.4, 0.5) is 11.4 Å². The summed E-state index contributed by atoms with van der Waals surface area (Å²) in [6, 6.07) is 6.27. The molecular weight excluding hydrogens is 230 g/mol. The van der Waals surface area contributed by atoms with E-state index in [0.29, 0.717) is 0 Å². The van der Waals surface area contributed by atoms with Crippen molar-refractivity contribution >= 4 is 22.7 Å². The Balaban J connectivity index is 2.21. The fraction of sp³-hybridized carbons (Fsp3) is 0.308. The number of nitrogen functional groups attached to an aromatic ring is 1. The molecule has 0 amide bonds. The topological polar surface area (TPSA) is 50.9 Å². The average molecular weight is 247 g/mol. The number of nitrogens with one attached hydrogen (secondary N) is 1. The molecule has 4 heteroatoms. The predicted molar refractivity (Wildman–Crippen MR) is 74.4 cm³/mol. The molecule has 0 bridgehead atoms. The molecule has 1 atom stereocenters. The second kappa shape index (κ2) is 5.19. The SMILES string of the molecule is CCC(Nc1cc(C)ccc1N)c1nccs1. The molecule has 2 aromatic rings. The number of nitrogens with two attached hydrogens (primary N) is 1. The third-order valence-corrected chi connectivity index (χ3v) is 3.59. The largest absolute Gasteiger partial charge is 0.397 e. The van der Waals surface area contributed by atoms with E-state index in [1.165, 1.54) is 5.56 Å². The van der Waals surface area contributed by atoms with E-state index in [4.69, 9.17) is 5.73 Å². The Hall–Kier alpha value is -1.55. The van der Waals surface area contributed by atoms with E-state index < -0.39 is 0 Å². The lowest BCUT2D eigenvalue weighted by atomic mass is 10.1. The Morgan fingerprint density at radius 3 is 2.94 bits per heavy atom. The molecule has 0 aliphatic rings. The van der Waals surface area contributed by atoms with Gasteiger partial charge >= 0.3 is 0 Å². The Labute approximate surface area is 106 Å². The van der Waals surface area contributed by atoms with Gasteiger partial charge in [-0.25, -0.2) is 4.98 Å². The Morgan fingerprint density at radius 2 is 2.29 bits per heavy atom. The van der Waals surface area contributed by atoms with E-state index >= 15 is 0 Å². The molecule has 0 spiro atoms. The van der Waals surface area contributed by atoms with Gasteiger partial charge in [0.25, 0.3) is 0 Å². The Kier molecular flexibility index (Phi) is 3.64. The molecule has 1 heterocycles. The molecule has 1 aromatic carbocycles. The number of benzene rings is 1. The zero-order valence-corrected chi connectivity index (χ0v) is 10.9. The average Bonchev–Trinajstić information content (AvgIpc) is 2.84. The van der Waals surface area contributed by atoms with Crippen molar-refractivity contribution in [2.24, 2.45) is 0 Å². The lowest BCUT2D eigenvalue weighted by Crippen LogP contribution is -2.10. The van der Waals surface area contributed by atoms with Crippen LogP contribution in [0.15, 0.2) is 29.8 Å². The molecule has 0 saturated heterocycles. The number of aryl methyl sites for hydroxylation is 1. The van der Waals surface area contributed by atoms with Crippen LogP contribution < -0.4 is 11.1 Å². The zero-order valence-electron chi connectivity index (χ0n) is 10.1. The van der Waals surface area contributed by atoms with Crippen LogP contribution >= 0.6 is 11.3 Å². The third kappa shape index (κ3) is 2.77. The smallest absolute Gasteiger partial charge is 0.115 e. The van der Waals surface area contributed by atoms with Gasteiger partial charge in [-0.2, -0.15) is 0 Å². The van der Waals surface area contributed by atoms with Crippen LogP contribution in [0.2, 0.25) is 0 Å². The molecule has 90 valence electrons. The summed E-state index contributed by atoms with van der Waals surface area (Å²) in [5.74, 6) is 0. The molecule has 3 nitrogen and oxygen atoms in total. The normalized spacial score (nSPS) is 12.4. The van der Waals surface area contributed by atoms with Crippen molar-refractivity contribution in [2.45, 2.75) is 26.3 Å². The summed E-state index contributed by atoms with van der Waals surface area (Å²) in [5.41, 5.74) is 8.95. The number of rotatable bonds is 4. The maximum atomic E-state index is 5.97. The van der Waals surface area contributed by atoms with Crippen molar-refractivity contribution in [2.75, 3.05) is 11.1 Å². The molecule has 0 aliphatic heterocycles. The summed E-state index contributed by atoms with van der Waals surface area (Å²) >= 11 is 1.67. The summed E-state index contributed by atoms with van der Waals surface area (Å²) < 4.78 is 0. The molecule has 2 rings (SSSR count). The molecule has 1 unspecified atom stereocenters. The van der Waals surface area contributed by atoms with E-state index in [2.05, 4.69) is 30.2 Å². The van der Waals surface area contributed by atoms with Gasteiger partial charge in [0.05, 0.1) is 17.4 Å². The molecule has 1 aromatic heterocycles. The zero-order chi connectivity index (χ0) is 12.3. The van der Waals surface area contributed by atoms with Crippen LogP contribution in [0, 0.1) is 6.92 Å². The van der Waals surface area contributed by atoms with Gasteiger partial charge in [-0.3, -0.25) is 0 Å². The summed E-state index contributed by atoms with van der Waals surface area (Å²) in [6.45, 7) is 4.21. The fourth-order valence-corrected chi connectivity index (χ4v) is 2.50. The lowest BCUT2D eigenvalue weighted by Gasteiger charge is -2.17. The van der Waals surface area contributed by atoms with Crippen LogP contribution in [0.25, 0.3) is 0 Å². The monoisotopic (exact) mass is 247 g/mol. The number of thiazole rings is 1. The van der Waals surface area contributed by atoms with Gasteiger partial charge in [0.15, 0.2) is 0 Å². The Morgan fingerprint density at radius 1 is 1.47 bits per heavy atom. The molecular formula is C13H17N3S. The van der Waals surface area contributed by atoms with E-state index in [-0.39, 0.29) is 6.04 Å². The summed E-state index contributed by atoms with van der Waals surface area (Å²) in [4.78, 5) is 4.35. The molecule has 0 fully saturated rings. The molecule has 17 heavy (non-hydrogen) atoms. The van der Waals surface area contributed by atoms with Crippen LogP contribution in [-0.2, 0) is 0 Å². The maximum Gasteiger partial charge on any atom is 0.115 e. The van der Waals surface area contributed by atoms with Gasteiger partial charge in [0.2, 0.25) is 0 Å².